The monoisotopic (exact) mass is 302 g/mol. The Morgan fingerprint density at radius 1 is 1.25 bits per heavy atom. The summed E-state index contributed by atoms with van der Waals surface area (Å²) in [6, 6.07) is 0. The molecule has 9 heteroatoms. The van der Waals surface area contributed by atoms with Crippen molar-refractivity contribution in [3.8, 4) is 0 Å². The summed E-state index contributed by atoms with van der Waals surface area (Å²) < 4.78 is 36.9. The fourth-order valence-corrected chi connectivity index (χ4v) is 0.711. The van der Waals surface area contributed by atoms with Crippen LogP contribution < -0.4 is 5.32 Å². The van der Waals surface area contributed by atoms with Gasteiger partial charge in [-0.15, -0.1) is 0 Å². The average Bonchev–Trinajstić information content (AvgIpc) is 2.22. The van der Waals surface area contributed by atoms with Gasteiger partial charge in [-0.2, -0.15) is 13.2 Å². The minimum atomic E-state index is -5.08. The molecule has 6 nitrogen and oxygen atoms in total. The molecule has 0 radical (unpaired) electrons. The predicted octanol–water partition coefficient (Wildman–Crippen LogP) is 1.71. The molecule has 0 rings (SSSR count). The summed E-state index contributed by atoms with van der Waals surface area (Å²) >= 11 is 0. The molecule has 120 valence electrons. The number of rotatable bonds is 3. The number of carbonyl (C=O) groups is 2. The highest BCUT2D eigenvalue weighted by Crippen LogP contribution is 2.13. The lowest BCUT2D eigenvalue weighted by Gasteiger charge is -2.24. The highest BCUT2D eigenvalue weighted by Gasteiger charge is 2.38. The molecule has 0 aromatic heterocycles. The Morgan fingerprint density at radius 3 is 1.90 bits per heavy atom. The Labute approximate surface area is 115 Å². The second kappa shape index (κ2) is 8.62. The Morgan fingerprint density at radius 2 is 1.65 bits per heavy atom. The molecule has 0 aromatic rings. The van der Waals surface area contributed by atoms with E-state index in [4.69, 9.17) is 14.6 Å². The number of hydrogen-bond donors (Lipinski definition) is 2. The van der Waals surface area contributed by atoms with Crippen LogP contribution in [0, 0.1) is 0 Å². The van der Waals surface area contributed by atoms with Gasteiger partial charge in [0.1, 0.15) is 5.60 Å². The van der Waals surface area contributed by atoms with E-state index in [1.54, 1.807) is 11.9 Å². The largest absolute Gasteiger partial charge is 0.490 e. The van der Waals surface area contributed by atoms with E-state index < -0.39 is 17.7 Å². The van der Waals surface area contributed by atoms with E-state index in [-0.39, 0.29) is 6.09 Å². The highest BCUT2D eigenvalue weighted by atomic mass is 19.4. The van der Waals surface area contributed by atoms with E-state index in [1.165, 1.54) is 0 Å². The molecule has 0 saturated carbocycles. The molecule has 2 N–H and O–H groups in total. The summed E-state index contributed by atoms with van der Waals surface area (Å²) in [5, 5.41) is 10.1. The molecule has 1 amide bonds. The normalized spacial score (nSPS) is 11.2. The van der Waals surface area contributed by atoms with Gasteiger partial charge in [-0.1, -0.05) is 0 Å². The zero-order valence-corrected chi connectivity index (χ0v) is 12.2. The van der Waals surface area contributed by atoms with Gasteiger partial charge < -0.3 is 20.1 Å². The molecule has 0 unspecified atom stereocenters. The summed E-state index contributed by atoms with van der Waals surface area (Å²) in [5.74, 6) is -2.76. The number of likely N-dealkylation sites (N-methyl/N-ethyl adjacent to an activating group) is 2. The average molecular weight is 302 g/mol. The van der Waals surface area contributed by atoms with Gasteiger partial charge in [0.15, 0.2) is 0 Å². The summed E-state index contributed by atoms with van der Waals surface area (Å²) in [6.45, 7) is 7.01. The number of carboxylic acid groups (broad SMARTS) is 1. The van der Waals surface area contributed by atoms with Gasteiger partial charge in [0.05, 0.1) is 0 Å². The molecule has 0 aliphatic heterocycles. The fourth-order valence-electron chi connectivity index (χ4n) is 0.711. The molecule has 0 aromatic carbocycles. The molecular weight excluding hydrogens is 281 g/mol. The van der Waals surface area contributed by atoms with E-state index in [2.05, 4.69) is 5.32 Å². The number of halogens is 3. The summed E-state index contributed by atoms with van der Waals surface area (Å²) in [7, 11) is 3.58. The standard InChI is InChI=1S/C9H20N2O2.C2HF3O2/c1-9(2,3)13-8(12)11(5)7-6-10-4;3-2(4,5)1(6)7/h10H,6-7H2,1-5H3;(H,6,7). The number of carbonyl (C=O) groups excluding carboxylic acids is 1. The van der Waals surface area contributed by atoms with Crippen molar-refractivity contribution in [3.63, 3.8) is 0 Å². The van der Waals surface area contributed by atoms with Crippen LogP contribution in [0.25, 0.3) is 0 Å². The van der Waals surface area contributed by atoms with Crippen LogP contribution in [0.15, 0.2) is 0 Å². The molecule has 0 fully saturated rings. The zero-order chi connectivity index (χ0) is 16.6. The number of nitrogens with one attached hydrogen (secondary N) is 1. The Hall–Kier alpha value is -1.51. The van der Waals surface area contributed by atoms with Crippen LogP contribution in [-0.4, -0.2) is 61.0 Å². The lowest BCUT2D eigenvalue weighted by Crippen LogP contribution is -2.37. The first kappa shape index (κ1) is 20.8. The zero-order valence-electron chi connectivity index (χ0n) is 12.2. The fraction of sp³-hybridized carbons (Fsp3) is 0.818. The number of aliphatic carboxylic acids is 1. The van der Waals surface area contributed by atoms with Crippen LogP contribution in [0.2, 0.25) is 0 Å². The van der Waals surface area contributed by atoms with E-state index in [0.29, 0.717) is 6.54 Å². The van der Waals surface area contributed by atoms with Gasteiger partial charge in [0.2, 0.25) is 0 Å². The van der Waals surface area contributed by atoms with E-state index in [1.807, 2.05) is 27.8 Å². The maximum atomic E-state index is 11.3. The van der Waals surface area contributed by atoms with Crippen molar-refractivity contribution in [2.75, 3.05) is 27.2 Å². The number of nitrogens with zero attached hydrogens (tertiary/aromatic N) is 1. The van der Waals surface area contributed by atoms with E-state index >= 15 is 0 Å². The third kappa shape index (κ3) is 12.9. The maximum Gasteiger partial charge on any atom is 0.490 e. The summed E-state index contributed by atoms with van der Waals surface area (Å²) in [6.07, 6.45) is -5.36. The van der Waals surface area contributed by atoms with Gasteiger partial charge in [-0.3, -0.25) is 0 Å². The number of carboxylic acids is 1. The first-order chi connectivity index (χ1) is 8.81. The van der Waals surface area contributed by atoms with E-state index in [9.17, 15) is 18.0 Å². The van der Waals surface area contributed by atoms with Crippen LogP contribution >= 0.6 is 0 Å². The van der Waals surface area contributed by atoms with Gasteiger partial charge in [0.25, 0.3) is 0 Å². The molecule has 0 aliphatic carbocycles. The summed E-state index contributed by atoms with van der Waals surface area (Å²) in [5.41, 5.74) is -0.412. The molecule has 0 atom stereocenters. The van der Waals surface area contributed by atoms with Crippen LogP contribution in [0.1, 0.15) is 20.8 Å². The third-order valence-electron chi connectivity index (χ3n) is 1.64. The Balaban J connectivity index is 0. The highest BCUT2D eigenvalue weighted by molar-refractivity contribution is 5.73. The Kier molecular flexibility index (Phi) is 8.96. The second-order valence-corrected chi connectivity index (χ2v) is 4.81. The lowest BCUT2D eigenvalue weighted by atomic mass is 10.2. The van der Waals surface area contributed by atoms with Crippen molar-refractivity contribution in [1.82, 2.24) is 10.2 Å². The minimum Gasteiger partial charge on any atom is -0.475 e. The number of ether oxygens (including phenoxy) is 1. The number of alkyl halides is 3. The topological polar surface area (TPSA) is 78.9 Å². The molecule has 0 heterocycles. The Bertz CT molecular complexity index is 314. The second-order valence-electron chi connectivity index (χ2n) is 4.81. The molecule has 0 aliphatic rings. The van der Waals surface area contributed by atoms with Crippen LogP contribution in [0.3, 0.4) is 0 Å². The molecule has 20 heavy (non-hydrogen) atoms. The summed E-state index contributed by atoms with van der Waals surface area (Å²) in [4.78, 5) is 21.8. The lowest BCUT2D eigenvalue weighted by molar-refractivity contribution is -0.192. The number of hydrogen-bond acceptors (Lipinski definition) is 4. The quantitative estimate of drug-likeness (QED) is 0.829. The van der Waals surface area contributed by atoms with Gasteiger partial charge in [-0.25, -0.2) is 9.59 Å². The third-order valence-corrected chi connectivity index (χ3v) is 1.64. The van der Waals surface area contributed by atoms with Crippen LogP contribution in [-0.2, 0) is 9.53 Å². The van der Waals surface area contributed by atoms with Crippen molar-refractivity contribution >= 4 is 12.1 Å². The maximum absolute atomic E-state index is 11.3. The first-order valence-corrected chi connectivity index (χ1v) is 5.70. The van der Waals surface area contributed by atoms with Gasteiger partial charge in [-0.05, 0) is 27.8 Å². The van der Waals surface area contributed by atoms with Crippen LogP contribution in [0.4, 0.5) is 18.0 Å². The van der Waals surface area contributed by atoms with Crippen molar-refractivity contribution in [2.24, 2.45) is 0 Å². The smallest absolute Gasteiger partial charge is 0.475 e. The molecule has 0 bridgehead atoms. The van der Waals surface area contributed by atoms with Crippen molar-refractivity contribution < 1.29 is 32.6 Å². The molecule has 0 spiro atoms. The molecular formula is C11H21F3N2O4. The van der Waals surface area contributed by atoms with Crippen LogP contribution in [0.5, 0.6) is 0 Å². The molecule has 0 saturated heterocycles. The predicted molar refractivity (Wildman–Crippen MR) is 66.5 cm³/mol. The van der Waals surface area contributed by atoms with Crippen molar-refractivity contribution in [1.29, 1.82) is 0 Å². The van der Waals surface area contributed by atoms with E-state index in [0.717, 1.165) is 6.54 Å². The first-order valence-electron chi connectivity index (χ1n) is 5.70. The minimum absolute atomic E-state index is 0.275. The SMILES string of the molecule is CNCCN(C)C(=O)OC(C)(C)C.O=C(O)C(F)(F)F. The van der Waals surface area contributed by atoms with Gasteiger partial charge >= 0.3 is 18.2 Å². The van der Waals surface area contributed by atoms with Crippen molar-refractivity contribution in [2.45, 2.75) is 32.5 Å². The van der Waals surface area contributed by atoms with Gasteiger partial charge in [0, 0.05) is 20.1 Å². The van der Waals surface area contributed by atoms with Crippen molar-refractivity contribution in [3.05, 3.63) is 0 Å². The number of amides is 1.